The van der Waals surface area contributed by atoms with Crippen molar-refractivity contribution in [2.45, 2.75) is 194 Å². The van der Waals surface area contributed by atoms with Crippen molar-refractivity contribution in [2.75, 3.05) is 20.3 Å². The van der Waals surface area contributed by atoms with E-state index >= 15 is 0 Å². The highest BCUT2D eigenvalue weighted by molar-refractivity contribution is 4.93. The Kier molecular flexibility index (Phi) is 37.0. The van der Waals surface area contributed by atoms with Gasteiger partial charge in [0.1, 0.15) is 6.23 Å². The van der Waals surface area contributed by atoms with E-state index in [0.717, 1.165) is 45.3 Å². The van der Waals surface area contributed by atoms with Gasteiger partial charge >= 0.3 is 0 Å². The average Bonchev–Trinajstić information content (AvgIpc) is 3.04. The summed E-state index contributed by atoms with van der Waals surface area (Å²) in [5, 5.41) is 3.35. The van der Waals surface area contributed by atoms with E-state index in [4.69, 9.17) is 9.47 Å². The van der Waals surface area contributed by atoms with Crippen molar-refractivity contribution in [3.63, 3.8) is 0 Å². The van der Waals surface area contributed by atoms with Gasteiger partial charge in [-0.05, 0) is 90.5 Å². The predicted octanol–water partition coefficient (Wildman–Crippen LogP) is 13.0. The molecule has 0 aromatic carbocycles. The fourth-order valence-corrected chi connectivity index (χ4v) is 5.42. The molecule has 44 heavy (non-hydrogen) atoms. The molecule has 1 N–H and O–H groups in total. The number of nitrogens with one attached hydrogen (secondary N) is 1. The van der Waals surface area contributed by atoms with Crippen LogP contribution in [0.3, 0.4) is 0 Å². The highest BCUT2D eigenvalue weighted by atomic mass is 16.5. The molecule has 0 saturated heterocycles. The van der Waals surface area contributed by atoms with Crippen molar-refractivity contribution in [1.82, 2.24) is 5.32 Å². The Bertz CT molecular complexity index is 597. The SMILES string of the molecule is CCCCC/C=C\C/C=C\CCCCCCCCOC(CC)C(NC)OCCCCCCCC/C=C\C/C=C\CCCCC. The molecule has 0 saturated carbocycles. The van der Waals surface area contributed by atoms with Gasteiger partial charge in [-0.15, -0.1) is 0 Å². The number of rotatable bonds is 35. The molecule has 0 spiro atoms. The number of likely N-dealkylation sites (N-methyl/N-ethyl adjacent to an activating group) is 1. The van der Waals surface area contributed by atoms with Crippen LogP contribution in [0, 0.1) is 0 Å². The molecule has 0 aromatic heterocycles. The maximum atomic E-state index is 6.24. The normalized spacial score (nSPS) is 13.8. The minimum atomic E-state index is 0.00239. The molecule has 0 radical (unpaired) electrons. The maximum Gasteiger partial charge on any atom is 0.134 e. The Labute approximate surface area is 276 Å². The minimum Gasteiger partial charge on any atom is -0.374 e. The topological polar surface area (TPSA) is 30.5 Å². The number of hydrogen-bond donors (Lipinski definition) is 1. The smallest absolute Gasteiger partial charge is 0.134 e. The van der Waals surface area contributed by atoms with Crippen LogP contribution in [0.1, 0.15) is 181 Å². The van der Waals surface area contributed by atoms with Gasteiger partial charge in [-0.1, -0.05) is 146 Å². The molecule has 0 aliphatic rings. The van der Waals surface area contributed by atoms with Crippen LogP contribution in [0.4, 0.5) is 0 Å². The summed E-state index contributed by atoms with van der Waals surface area (Å²) in [5.41, 5.74) is 0. The predicted molar refractivity (Wildman–Crippen MR) is 198 cm³/mol. The summed E-state index contributed by atoms with van der Waals surface area (Å²) in [4.78, 5) is 0. The van der Waals surface area contributed by atoms with Crippen molar-refractivity contribution in [3.8, 4) is 0 Å². The lowest BCUT2D eigenvalue weighted by molar-refractivity contribution is -0.0876. The standard InChI is InChI=1S/C41H77NO2/c1-5-8-10-12-14-16-18-20-22-24-26-28-30-32-34-36-38-43-40(7-3)41(42-4)44-39-37-35-33-31-29-27-25-23-21-19-17-15-13-11-9-6-2/h14-17,20-23,40-42H,5-13,18-19,24-39H2,1-4H3/b16-14-,17-15-,22-20-,23-21-. The lowest BCUT2D eigenvalue weighted by Gasteiger charge is -2.26. The van der Waals surface area contributed by atoms with Gasteiger partial charge in [0.2, 0.25) is 0 Å². The van der Waals surface area contributed by atoms with Gasteiger partial charge in [0.15, 0.2) is 0 Å². The van der Waals surface area contributed by atoms with Crippen molar-refractivity contribution in [1.29, 1.82) is 0 Å². The Morgan fingerprint density at radius 2 is 0.795 bits per heavy atom. The summed E-state index contributed by atoms with van der Waals surface area (Å²) in [5.74, 6) is 0. The van der Waals surface area contributed by atoms with Gasteiger partial charge in [0.25, 0.3) is 0 Å². The van der Waals surface area contributed by atoms with E-state index in [0.29, 0.717) is 0 Å². The minimum absolute atomic E-state index is 0.00239. The molecule has 0 aliphatic heterocycles. The van der Waals surface area contributed by atoms with E-state index in [-0.39, 0.29) is 12.3 Å². The number of ether oxygens (including phenoxy) is 2. The van der Waals surface area contributed by atoms with Crippen molar-refractivity contribution in [3.05, 3.63) is 48.6 Å². The third-order valence-corrected chi connectivity index (χ3v) is 8.34. The third kappa shape index (κ3) is 32.2. The van der Waals surface area contributed by atoms with E-state index in [1.807, 2.05) is 7.05 Å². The van der Waals surface area contributed by atoms with Gasteiger partial charge in [-0.2, -0.15) is 0 Å². The van der Waals surface area contributed by atoms with Crippen LogP contribution in [0.2, 0.25) is 0 Å². The fraction of sp³-hybridized carbons (Fsp3) is 0.805. The molecule has 2 atom stereocenters. The zero-order chi connectivity index (χ0) is 32.0. The third-order valence-electron chi connectivity index (χ3n) is 8.34. The summed E-state index contributed by atoms with van der Waals surface area (Å²) in [7, 11) is 2.00. The molecular formula is C41H77NO2. The van der Waals surface area contributed by atoms with E-state index in [1.54, 1.807) is 0 Å². The quantitative estimate of drug-likeness (QED) is 0.0437. The Morgan fingerprint density at radius 3 is 1.18 bits per heavy atom. The maximum absolute atomic E-state index is 6.24. The molecule has 0 heterocycles. The first-order valence-corrected chi connectivity index (χ1v) is 19.3. The summed E-state index contributed by atoms with van der Waals surface area (Å²) in [6, 6.07) is 0. The van der Waals surface area contributed by atoms with Crippen molar-refractivity contribution < 1.29 is 9.47 Å². The molecule has 0 amide bonds. The second-order valence-corrected chi connectivity index (χ2v) is 12.6. The molecule has 0 rings (SSSR count). The van der Waals surface area contributed by atoms with Gasteiger partial charge < -0.3 is 9.47 Å². The van der Waals surface area contributed by atoms with Crippen LogP contribution in [0.25, 0.3) is 0 Å². The van der Waals surface area contributed by atoms with Gasteiger partial charge in [0, 0.05) is 13.2 Å². The summed E-state index contributed by atoms with van der Waals surface area (Å²) in [6.07, 6.45) is 50.5. The lowest BCUT2D eigenvalue weighted by atomic mass is 10.1. The molecule has 0 aliphatic carbocycles. The summed E-state index contributed by atoms with van der Waals surface area (Å²) in [6.45, 7) is 8.40. The molecule has 3 heteroatoms. The van der Waals surface area contributed by atoms with Crippen LogP contribution in [0.5, 0.6) is 0 Å². The van der Waals surface area contributed by atoms with E-state index < -0.39 is 0 Å². The average molecular weight is 616 g/mol. The largest absolute Gasteiger partial charge is 0.374 e. The molecule has 2 unspecified atom stereocenters. The second kappa shape index (κ2) is 38.0. The van der Waals surface area contributed by atoms with Gasteiger partial charge in [-0.25, -0.2) is 0 Å². The fourth-order valence-electron chi connectivity index (χ4n) is 5.42. The molecular weight excluding hydrogens is 538 g/mol. The van der Waals surface area contributed by atoms with E-state index in [9.17, 15) is 0 Å². The Balaban J connectivity index is 3.62. The van der Waals surface area contributed by atoms with Gasteiger partial charge in [0.05, 0.1) is 6.10 Å². The molecule has 3 nitrogen and oxygen atoms in total. The molecule has 0 fully saturated rings. The number of allylic oxidation sites excluding steroid dienone is 8. The van der Waals surface area contributed by atoms with Crippen LogP contribution in [-0.2, 0) is 9.47 Å². The Hall–Kier alpha value is -1.16. The highest BCUT2D eigenvalue weighted by Crippen LogP contribution is 2.13. The van der Waals surface area contributed by atoms with Crippen molar-refractivity contribution >= 4 is 0 Å². The highest BCUT2D eigenvalue weighted by Gasteiger charge is 2.19. The van der Waals surface area contributed by atoms with E-state index in [1.165, 1.54) is 128 Å². The summed E-state index contributed by atoms with van der Waals surface area (Å²) < 4.78 is 12.4. The molecule has 0 bridgehead atoms. The first-order valence-electron chi connectivity index (χ1n) is 19.3. The Morgan fingerprint density at radius 1 is 0.432 bits per heavy atom. The van der Waals surface area contributed by atoms with Crippen molar-refractivity contribution in [2.24, 2.45) is 0 Å². The molecule has 258 valence electrons. The van der Waals surface area contributed by atoms with Crippen LogP contribution in [-0.4, -0.2) is 32.6 Å². The number of hydrogen-bond acceptors (Lipinski definition) is 3. The summed E-state index contributed by atoms with van der Waals surface area (Å²) >= 11 is 0. The zero-order valence-electron chi connectivity index (χ0n) is 30.2. The first-order chi connectivity index (χ1) is 21.8. The lowest BCUT2D eigenvalue weighted by Crippen LogP contribution is -2.41. The van der Waals surface area contributed by atoms with Crippen LogP contribution < -0.4 is 5.32 Å². The first kappa shape index (κ1) is 42.8. The molecule has 0 aromatic rings. The van der Waals surface area contributed by atoms with Gasteiger partial charge in [-0.3, -0.25) is 5.32 Å². The van der Waals surface area contributed by atoms with Crippen LogP contribution in [0.15, 0.2) is 48.6 Å². The second-order valence-electron chi connectivity index (χ2n) is 12.6. The zero-order valence-corrected chi connectivity index (χ0v) is 30.2. The monoisotopic (exact) mass is 616 g/mol. The number of unbranched alkanes of at least 4 members (excludes halogenated alkanes) is 18. The van der Waals surface area contributed by atoms with E-state index in [2.05, 4.69) is 74.7 Å². The van der Waals surface area contributed by atoms with Crippen LogP contribution >= 0.6 is 0 Å².